The molecule has 1 amide bonds. The predicted molar refractivity (Wildman–Crippen MR) is 139 cm³/mol. The van der Waals surface area contributed by atoms with Gasteiger partial charge >= 0.3 is 0 Å². The van der Waals surface area contributed by atoms with Crippen molar-refractivity contribution in [3.05, 3.63) is 76.1 Å². The molecule has 0 bridgehead atoms. The minimum Gasteiger partial charge on any atom is -0.492 e. The lowest BCUT2D eigenvalue weighted by Gasteiger charge is -2.26. The van der Waals surface area contributed by atoms with E-state index in [1.54, 1.807) is 25.1 Å². The lowest BCUT2D eigenvalue weighted by atomic mass is 10.1. The zero-order valence-electron chi connectivity index (χ0n) is 20.3. The third kappa shape index (κ3) is 5.06. The van der Waals surface area contributed by atoms with Gasteiger partial charge < -0.3 is 24.5 Å². The van der Waals surface area contributed by atoms with E-state index in [9.17, 15) is 4.79 Å². The first-order chi connectivity index (χ1) is 17.4. The number of nitrogens with one attached hydrogen (secondary N) is 3. The summed E-state index contributed by atoms with van der Waals surface area (Å²) in [5.41, 5.74) is 4.42. The van der Waals surface area contributed by atoms with Gasteiger partial charge in [0.1, 0.15) is 24.0 Å². The zero-order valence-corrected chi connectivity index (χ0v) is 21.0. The number of halogens is 1. The van der Waals surface area contributed by atoms with Crippen molar-refractivity contribution >= 4 is 34.4 Å². The molecule has 9 nitrogen and oxygen atoms in total. The van der Waals surface area contributed by atoms with Gasteiger partial charge in [-0.1, -0.05) is 17.7 Å². The predicted octanol–water partition coefficient (Wildman–Crippen LogP) is 3.70. The van der Waals surface area contributed by atoms with Gasteiger partial charge in [-0.25, -0.2) is 9.97 Å². The maximum Gasteiger partial charge on any atom is 0.251 e. The number of ether oxygens (including phenoxy) is 1. The van der Waals surface area contributed by atoms with Crippen LogP contribution in [-0.4, -0.2) is 55.9 Å². The Morgan fingerprint density at radius 1 is 1.25 bits per heavy atom. The van der Waals surface area contributed by atoms with Crippen LogP contribution in [-0.2, 0) is 26.4 Å². The van der Waals surface area contributed by atoms with E-state index in [-0.39, 0.29) is 5.91 Å². The van der Waals surface area contributed by atoms with Crippen LogP contribution in [0.15, 0.2) is 42.5 Å². The van der Waals surface area contributed by atoms with E-state index in [0.717, 1.165) is 47.0 Å². The maximum atomic E-state index is 12.7. The Hall–Kier alpha value is -3.85. The summed E-state index contributed by atoms with van der Waals surface area (Å²) >= 11 is 5.96. The molecule has 2 aromatic carbocycles. The van der Waals surface area contributed by atoms with E-state index >= 15 is 0 Å². The summed E-state index contributed by atoms with van der Waals surface area (Å²) in [6, 6.07) is 12.7. The van der Waals surface area contributed by atoms with Gasteiger partial charge in [0.2, 0.25) is 0 Å². The molecule has 10 heteroatoms. The zero-order chi connectivity index (χ0) is 25.2. The number of H-pyrrole nitrogens is 1. The van der Waals surface area contributed by atoms with E-state index in [4.69, 9.17) is 31.7 Å². The molecule has 1 aliphatic rings. The second-order valence-corrected chi connectivity index (χ2v) is 9.33. The molecule has 0 unspecified atom stereocenters. The van der Waals surface area contributed by atoms with E-state index in [0.29, 0.717) is 48.3 Å². The minimum atomic E-state index is -0.168. The molecule has 0 aliphatic carbocycles. The molecule has 0 atom stereocenters. The van der Waals surface area contributed by atoms with Gasteiger partial charge in [0.25, 0.3) is 5.91 Å². The van der Waals surface area contributed by atoms with Crippen molar-refractivity contribution in [3.63, 3.8) is 0 Å². The number of imidazole rings is 2. The molecule has 0 radical (unpaired) electrons. The van der Waals surface area contributed by atoms with Crippen molar-refractivity contribution in [1.82, 2.24) is 29.7 Å². The molecule has 1 aliphatic heterocycles. The summed E-state index contributed by atoms with van der Waals surface area (Å²) in [7, 11) is 1.95. The van der Waals surface area contributed by atoms with E-state index in [2.05, 4.69) is 10.3 Å². The van der Waals surface area contributed by atoms with Crippen LogP contribution in [0.3, 0.4) is 0 Å². The van der Waals surface area contributed by atoms with Crippen LogP contribution in [0.4, 0.5) is 0 Å². The molecule has 0 saturated heterocycles. The smallest absolute Gasteiger partial charge is 0.251 e. The van der Waals surface area contributed by atoms with Crippen molar-refractivity contribution < 1.29 is 9.53 Å². The average molecular weight is 506 g/mol. The maximum absolute atomic E-state index is 12.7. The van der Waals surface area contributed by atoms with Crippen molar-refractivity contribution in [2.24, 2.45) is 7.05 Å². The second kappa shape index (κ2) is 10.0. The molecule has 0 spiro atoms. The number of aromatic nitrogens is 4. The van der Waals surface area contributed by atoms with Gasteiger partial charge in [0.05, 0.1) is 42.1 Å². The molecule has 3 heterocycles. The largest absolute Gasteiger partial charge is 0.492 e. The van der Waals surface area contributed by atoms with E-state index in [1.807, 2.05) is 40.8 Å². The lowest BCUT2D eigenvalue weighted by Crippen LogP contribution is -2.33. The third-order valence-corrected chi connectivity index (χ3v) is 6.61. The fourth-order valence-corrected chi connectivity index (χ4v) is 4.58. The Balaban J connectivity index is 1.23. The van der Waals surface area contributed by atoms with Crippen molar-refractivity contribution in [2.45, 2.75) is 26.3 Å². The molecule has 186 valence electrons. The van der Waals surface area contributed by atoms with Gasteiger partial charge in [0, 0.05) is 36.3 Å². The molecule has 4 aromatic rings. The van der Waals surface area contributed by atoms with Gasteiger partial charge in [0.15, 0.2) is 0 Å². The lowest BCUT2D eigenvalue weighted by molar-refractivity contribution is 0.0947. The molecular weight excluding hydrogens is 478 g/mol. The number of benzene rings is 2. The summed E-state index contributed by atoms with van der Waals surface area (Å²) in [6.07, 6.45) is 1.41. The summed E-state index contributed by atoms with van der Waals surface area (Å²) in [5.74, 6) is 2.79. The van der Waals surface area contributed by atoms with E-state index in [1.165, 1.54) is 0 Å². The van der Waals surface area contributed by atoms with Crippen molar-refractivity contribution in [3.8, 4) is 5.75 Å². The number of nitrogens with zero attached hydrogens (tertiary/aromatic N) is 4. The Labute approximate surface area is 214 Å². The number of aryl methyl sites for hydroxylation is 1. The highest BCUT2D eigenvalue weighted by molar-refractivity contribution is 6.30. The fourth-order valence-electron chi connectivity index (χ4n) is 4.40. The molecular formula is C26H28ClN7O2. The van der Waals surface area contributed by atoms with Gasteiger partial charge in [-0.3, -0.25) is 10.2 Å². The minimum absolute atomic E-state index is 0.168. The van der Waals surface area contributed by atoms with Crippen LogP contribution in [0.5, 0.6) is 5.75 Å². The van der Waals surface area contributed by atoms with Crippen molar-refractivity contribution in [2.75, 3.05) is 19.7 Å². The van der Waals surface area contributed by atoms with Crippen LogP contribution in [0.25, 0.3) is 11.0 Å². The highest BCUT2D eigenvalue weighted by atomic mass is 35.5. The summed E-state index contributed by atoms with van der Waals surface area (Å²) < 4.78 is 7.64. The third-order valence-electron chi connectivity index (χ3n) is 6.37. The second-order valence-electron chi connectivity index (χ2n) is 8.89. The fraction of sp³-hybridized carbons (Fsp3) is 0.308. The Bertz CT molecular complexity index is 1440. The molecule has 5 rings (SSSR count). The molecule has 0 saturated carbocycles. The summed E-state index contributed by atoms with van der Waals surface area (Å²) in [5, 5.41) is 11.4. The van der Waals surface area contributed by atoms with Crippen LogP contribution in [0, 0.1) is 5.41 Å². The first kappa shape index (κ1) is 23.9. The van der Waals surface area contributed by atoms with Crippen LogP contribution >= 0.6 is 11.6 Å². The molecule has 36 heavy (non-hydrogen) atoms. The van der Waals surface area contributed by atoms with Crippen LogP contribution < -0.4 is 10.1 Å². The highest BCUT2D eigenvalue weighted by Crippen LogP contribution is 2.21. The Kier molecular flexibility index (Phi) is 6.65. The normalized spacial score (nSPS) is 13.0. The highest BCUT2D eigenvalue weighted by Gasteiger charge is 2.21. The standard InChI is InChI=1S/C26H28ClN7O2/c1-16(28)34-10-8-20-22(15-34)31-24(30-20)14-25-32-21-7-6-17(12-23(21)33(25)2)26(35)29-9-11-36-19-5-3-4-18(27)13-19/h3-7,12-13,28H,8-11,14-15H2,1-2H3,(H,29,35)(H,30,31). The number of aromatic amines is 1. The number of hydrogen-bond acceptors (Lipinski definition) is 5. The first-order valence-corrected chi connectivity index (χ1v) is 12.2. The number of hydrogen-bond donors (Lipinski definition) is 3. The molecule has 2 aromatic heterocycles. The van der Waals surface area contributed by atoms with Crippen LogP contribution in [0.1, 0.15) is 40.3 Å². The quantitative estimate of drug-likeness (QED) is 0.201. The van der Waals surface area contributed by atoms with Gasteiger partial charge in [-0.2, -0.15) is 0 Å². The van der Waals surface area contributed by atoms with Gasteiger partial charge in [-0.15, -0.1) is 0 Å². The topological polar surface area (TPSA) is 112 Å². The summed E-state index contributed by atoms with van der Waals surface area (Å²) in [4.78, 5) is 27.7. The summed E-state index contributed by atoms with van der Waals surface area (Å²) in [6.45, 7) is 4.01. The van der Waals surface area contributed by atoms with E-state index < -0.39 is 0 Å². The number of carbonyl (C=O) groups is 1. The average Bonchev–Trinajstić information content (AvgIpc) is 3.41. The number of fused-ring (bicyclic) bond motifs is 2. The number of carbonyl (C=O) groups excluding carboxylic acids is 1. The Morgan fingerprint density at radius 2 is 2.11 bits per heavy atom. The number of rotatable bonds is 7. The number of amidine groups is 1. The molecule has 3 N–H and O–H groups in total. The number of amides is 1. The Morgan fingerprint density at radius 3 is 2.92 bits per heavy atom. The molecule has 0 fully saturated rings. The van der Waals surface area contributed by atoms with Crippen LogP contribution in [0.2, 0.25) is 5.02 Å². The van der Waals surface area contributed by atoms with Gasteiger partial charge in [-0.05, 0) is 43.3 Å². The monoisotopic (exact) mass is 505 g/mol. The SMILES string of the molecule is CC(=N)N1CCc2[nH]c(Cc3nc4ccc(C(=O)NCCOc5cccc(Cl)c5)cc4n3C)nc2C1. The first-order valence-electron chi connectivity index (χ1n) is 11.9. The van der Waals surface area contributed by atoms with Crippen molar-refractivity contribution in [1.29, 1.82) is 5.41 Å².